The quantitative estimate of drug-likeness (QED) is 0.679. The molecule has 1 heterocycles. The van der Waals surface area contributed by atoms with Crippen LogP contribution in [0.2, 0.25) is 0 Å². The number of nitrogens with zero attached hydrogens (tertiary/aromatic N) is 3. The third kappa shape index (κ3) is 1.69. The maximum atomic E-state index is 13.6. The highest BCUT2D eigenvalue weighted by Crippen LogP contribution is 2.21. The molecule has 0 N–H and O–H groups in total. The minimum Gasteiger partial charge on any atom is -0.259 e. The Kier molecular flexibility index (Phi) is 2.36. The van der Waals surface area contributed by atoms with Crippen LogP contribution in [0.1, 0.15) is 0 Å². The summed E-state index contributed by atoms with van der Waals surface area (Å²) in [6, 6.07) is 8.67. The van der Waals surface area contributed by atoms with E-state index in [1.54, 1.807) is 24.3 Å². The van der Waals surface area contributed by atoms with E-state index in [0.717, 1.165) is 0 Å². The molecule has 0 unspecified atom stereocenters. The van der Waals surface area contributed by atoms with Gasteiger partial charge in [0.1, 0.15) is 0 Å². The Labute approximate surface area is 80.8 Å². The van der Waals surface area contributed by atoms with Crippen LogP contribution in [-0.2, 0) is 0 Å². The molecule has 0 aliphatic carbocycles. The summed E-state index contributed by atoms with van der Waals surface area (Å²) in [5.41, 5.74) is 0.438. The molecule has 4 heteroatoms. The van der Waals surface area contributed by atoms with Gasteiger partial charge in [-0.05, 0) is 12.1 Å². The van der Waals surface area contributed by atoms with Crippen molar-refractivity contribution in [3.63, 3.8) is 0 Å². The molecular formula is C10H8FN3. The molecule has 0 bridgehead atoms. The van der Waals surface area contributed by atoms with E-state index in [2.05, 4.69) is 9.97 Å². The monoisotopic (exact) mass is 189 g/mol. The molecule has 70 valence electrons. The molecule has 3 nitrogen and oxygen atoms in total. The molecule has 0 atom stereocenters. The number of aromatic nitrogens is 2. The van der Waals surface area contributed by atoms with Gasteiger partial charge in [0.15, 0.2) is 5.82 Å². The van der Waals surface area contributed by atoms with Crippen LogP contribution < -0.4 is 5.12 Å². The van der Waals surface area contributed by atoms with Gasteiger partial charge < -0.3 is 0 Å². The summed E-state index contributed by atoms with van der Waals surface area (Å²) in [6.45, 7) is 0. The van der Waals surface area contributed by atoms with Gasteiger partial charge in [-0.25, -0.2) is 4.98 Å². The van der Waals surface area contributed by atoms with Crippen molar-refractivity contribution in [1.29, 1.82) is 0 Å². The first kappa shape index (κ1) is 8.62. The summed E-state index contributed by atoms with van der Waals surface area (Å²) in [6.07, 6.45) is 4.32. The third-order valence-electron chi connectivity index (χ3n) is 1.73. The minimum absolute atomic E-state index is 0.179. The molecule has 0 amide bonds. The lowest BCUT2D eigenvalue weighted by molar-refractivity contribution is 0.498. The average Bonchev–Trinajstić information content (AvgIpc) is 2.30. The van der Waals surface area contributed by atoms with Crippen LogP contribution >= 0.6 is 0 Å². The maximum absolute atomic E-state index is 13.6. The first-order valence-electron chi connectivity index (χ1n) is 4.15. The van der Waals surface area contributed by atoms with Crippen molar-refractivity contribution in [2.24, 2.45) is 0 Å². The fraction of sp³-hybridized carbons (Fsp3) is 0. The third-order valence-corrected chi connectivity index (χ3v) is 1.73. The number of para-hydroxylation sites is 1. The molecule has 14 heavy (non-hydrogen) atoms. The number of halogens is 1. The van der Waals surface area contributed by atoms with E-state index in [1.807, 2.05) is 6.07 Å². The zero-order valence-electron chi connectivity index (χ0n) is 7.34. The van der Waals surface area contributed by atoms with E-state index >= 15 is 0 Å². The van der Waals surface area contributed by atoms with Gasteiger partial charge in [-0.2, -0.15) is 5.12 Å². The largest absolute Gasteiger partial charge is 0.259 e. The Morgan fingerprint density at radius 2 is 1.86 bits per heavy atom. The van der Waals surface area contributed by atoms with Gasteiger partial charge in [0.25, 0.3) is 0 Å². The van der Waals surface area contributed by atoms with Crippen LogP contribution in [0.5, 0.6) is 0 Å². The Hall–Kier alpha value is -1.97. The molecule has 0 fully saturated rings. The Balaban J connectivity index is 2.30. The summed E-state index contributed by atoms with van der Waals surface area (Å²) in [5.74, 6) is 0.179. The molecule has 0 radical (unpaired) electrons. The van der Waals surface area contributed by atoms with Crippen molar-refractivity contribution < 1.29 is 4.48 Å². The molecule has 1 aromatic carbocycles. The zero-order chi connectivity index (χ0) is 9.80. The summed E-state index contributed by atoms with van der Waals surface area (Å²) >= 11 is 0. The molecule has 0 saturated heterocycles. The van der Waals surface area contributed by atoms with Crippen LogP contribution in [0.25, 0.3) is 0 Å². The standard InChI is InChI=1S/C10H8FN3/c11-14(9-4-2-1-3-5-9)10-8-12-6-7-13-10/h1-8H. The second kappa shape index (κ2) is 3.83. The molecular weight excluding hydrogens is 181 g/mol. The van der Waals surface area contributed by atoms with Crippen molar-refractivity contribution in [2.75, 3.05) is 5.12 Å². The lowest BCUT2D eigenvalue weighted by Gasteiger charge is -2.10. The van der Waals surface area contributed by atoms with Crippen molar-refractivity contribution in [3.8, 4) is 0 Å². The number of hydrogen-bond donors (Lipinski definition) is 0. The Morgan fingerprint density at radius 1 is 1.07 bits per heavy atom. The lowest BCUT2D eigenvalue weighted by Crippen LogP contribution is -2.05. The van der Waals surface area contributed by atoms with Gasteiger partial charge in [-0.15, -0.1) is 0 Å². The molecule has 2 aromatic rings. The van der Waals surface area contributed by atoms with Gasteiger partial charge in [-0.1, -0.05) is 22.7 Å². The van der Waals surface area contributed by atoms with E-state index in [4.69, 9.17) is 0 Å². The maximum Gasteiger partial charge on any atom is 0.181 e. The van der Waals surface area contributed by atoms with E-state index in [1.165, 1.54) is 18.6 Å². The highest BCUT2D eigenvalue weighted by molar-refractivity contribution is 5.55. The van der Waals surface area contributed by atoms with Crippen LogP contribution in [0.15, 0.2) is 48.9 Å². The Morgan fingerprint density at radius 3 is 2.50 bits per heavy atom. The smallest absolute Gasteiger partial charge is 0.181 e. The summed E-state index contributed by atoms with van der Waals surface area (Å²) in [4.78, 5) is 7.63. The molecule has 2 rings (SSSR count). The normalized spacial score (nSPS) is 9.79. The SMILES string of the molecule is FN(c1ccccc1)c1cnccn1. The topological polar surface area (TPSA) is 29.0 Å². The molecule has 0 spiro atoms. The van der Waals surface area contributed by atoms with E-state index < -0.39 is 0 Å². The summed E-state index contributed by atoms with van der Waals surface area (Å²) in [7, 11) is 0. The fourth-order valence-electron chi connectivity index (χ4n) is 1.08. The van der Waals surface area contributed by atoms with E-state index in [-0.39, 0.29) is 5.82 Å². The van der Waals surface area contributed by atoms with Gasteiger partial charge in [-0.3, -0.25) is 4.98 Å². The van der Waals surface area contributed by atoms with Crippen LogP contribution in [0, 0.1) is 0 Å². The number of hydrogen-bond acceptors (Lipinski definition) is 3. The number of anilines is 2. The number of benzene rings is 1. The van der Waals surface area contributed by atoms with E-state index in [0.29, 0.717) is 10.8 Å². The molecule has 0 aliphatic rings. The van der Waals surface area contributed by atoms with Crippen molar-refractivity contribution in [3.05, 3.63) is 48.9 Å². The predicted octanol–water partition coefficient (Wildman–Crippen LogP) is 2.50. The second-order valence-electron chi connectivity index (χ2n) is 2.68. The predicted molar refractivity (Wildman–Crippen MR) is 51.7 cm³/mol. The molecule has 1 aromatic heterocycles. The van der Waals surface area contributed by atoms with E-state index in [9.17, 15) is 4.48 Å². The highest BCUT2D eigenvalue weighted by atomic mass is 19.2. The zero-order valence-corrected chi connectivity index (χ0v) is 7.34. The molecule has 0 aliphatic heterocycles. The van der Waals surface area contributed by atoms with Gasteiger partial charge >= 0.3 is 0 Å². The van der Waals surface area contributed by atoms with Crippen molar-refractivity contribution in [1.82, 2.24) is 9.97 Å². The number of rotatable bonds is 2. The van der Waals surface area contributed by atoms with Crippen molar-refractivity contribution in [2.45, 2.75) is 0 Å². The second-order valence-corrected chi connectivity index (χ2v) is 2.68. The van der Waals surface area contributed by atoms with Gasteiger partial charge in [0, 0.05) is 12.4 Å². The first-order valence-corrected chi connectivity index (χ1v) is 4.15. The lowest BCUT2D eigenvalue weighted by atomic mass is 10.3. The average molecular weight is 189 g/mol. The van der Waals surface area contributed by atoms with Crippen LogP contribution in [0.4, 0.5) is 16.0 Å². The van der Waals surface area contributed by atoms with Crippen LogP contribution in [0.3, 0.4) is 0 Å². The Bertz CT molecular complexity index is 351. The first-order chi connectivity index (χ1) is 6.88. The van der Waals surface area contributed by atoms with Gasteiger partial charge in [0.05, 0.1) is 11.9 Å². The summed E-state index contributed by atoms with van der Waals surface area (Å²) in [5, 5.41) is 0.493. The fourth-order valence-corrected chi connectivity index (χ4v) is 1.08. The van der Waals surface area contributed by atoms with Crippen LogP contribution in [-0.4, -0.2) is 9.97 Å². The summed E-state index contributed by atoms with van der Waals surface area (Å²) < 4.78 is 13.6. The minimum atomic E-state index is 0.179. The van der Waals surface area contributed by atoms with Gasteiger partial charge in [0.2, 0.25) is 0 Å². The highest BCUT2D eigenvalue weighted by Gasteiger charge is 2.07. The van der Waals surface area contributed by atoms with Crippen molar-refractivity contribution >= 4 is 11.5 Å². The molecule has 0 saturated carbocycles.